The summed E-state index contributed by atoms with van der Waals surface area (Å²) >= 11 is 1.24. The summed E-state index contributed by atoms with van der Waals surface area (Å²) in [6.07, 6.45) is -1.75. The minimum Gasteiger partial charge on any atom is -0.475 e. The van der Waals surface area contributed by atoms with Crippen LogP contribution in [0.1, 0.15) is 24.0 Å². The minimum atomic E-state index is -5.08. The number of alkyl halides is 3. The summed E-state index contributed by atoms with van der Waals surface area (Å²) in [6, 6.07) is 10.6. The Labute approximate surface area is 227 Å². The zero-order valence-electron chi connectivity index (χ0n) is 21.0. The molecule has 9 nitrogen and oxygen atoms in total. The van der Waals surface area contributed by atoms with Gasteiger partial charge < -0.3 is 10.0 Å². The molecule has 1 fully saturated rings. The first-order valence-corrected chi connectivity index (χ1v) is 14.1. The van der Waals surface area contributed by atoms with Crippen molar-refractivity contribution < 1.29 is 35.9 Å². The Hall–Kier alpha value is -3.30. The number of aromatic nitrogens is 2. The van der Waals surface area contributed by atoms with E-state index in [1.807, 2.05) is 18.0 Å². The van der Waals surface area contributed by atoms with Gasteiger partial charge in [0.15, 0.2) is 11.6 Å². The quantitative estimate of drug-likeness (QED) is 0.387. The second kappa shape index (κ2) is 12.7. The van der Waals surface area contributed by atoms with Crippen LogP contribution in [0.5, 0.6) is 0 Å². The molecule has 0 spiro atoms. The lowest BCUT2D eigenvalue weighted by Gasteiger charge is -2.38. The summed E-state index contributed by atoms with van der Waals surface area (Å²) in [5.41, 5.74) is 3.67. The van der Waals surface area contributed by atoms with Crippen LogP contribution in [0, 0.1) is 12.7 Å². The van der Waals surface area contributed by atoms with Crippen LogP contribution >= 0.6 is 11.3 Å². The smallest absolute Gasteiger partial charge is 0.475 e. The Morgan fingerprint density at radius 2 is 1.82 bits per heavy atom. The molecule has 212 valence electrons. The van der Waals surface area contributed by atoms with Crippen molar-refractivity contribution in [1.82, 2.24) is 14.9 Å². The lowest BCUT2D eigenvalue weighted by molar-refractivity contribution is -0.192. The SMILES string of the molecule is Cc1c(N(C)C2CCN(Cc3ccccc3)CC2)cnc(S(=O)(=O)Nc2cscn2)c1F.O=C(O)C(F)(F)F. The van der Waals surface area contributed by atoms with Crippen molar-refractivity contribution in [3.8, 4) is 0 Å². The second-order valence-corrected chi connectivity index (χ2v) is 11.1. The molecular formula is C24H27F4N5O4S2. The lowest BCUT2D eigenvalue weighted by atomic mass is 10.0. The van der Waals surface area contributed by atoms with E-state index in [-0.39, 0.29) is 17.4 Å². The van der Waals surface area contributed by atoms with Gasteiger partial charge in [-0.1, -0.05) is 30.3 Å². The third kappa shape index (κ3) is 8.10. The number of halogens is 4. The first-order chi connectivity index (χ1) is 18.3. The number of pyridine rings is 1. The van der Waals surface area contributed by atoms with Crippen molar-refractivity contribution >= 4 is 38.8 Å². The average Bonchev–Trinajstić information content (AvgIpc) is 3.38. The number of hydrogen-bond acceptors (Lipinski definition) is 8. The molecule has 15 heteroatoms. The van der Waals surface area contributed by atoms with Gasteiger partial charge in [-0.15, -0.1) is 11.3 Å². The van der Waals surface area contributed by atoms with Crippen molar-refractivity contribution in [2.45, 2.75) is 43.6 Å². The molecule has 3 aromatic rings. The molecule has 0 unspecified atom stereocenters. The molecule has 0 amide bonds. The maximum absolute atomic E-state index is 15.1. The maximum Gasteiger partial charge on any atom is 0.490 e. The fraction of sp³-hybridized carbons (Fsp3) is 0.375. The van der Waals surface area contributed by atoms with Gasteiger partial charge in [-0.2, -0.15) is 21.6 Å². The van der Waals surface area contributed by atoms with E-state index in [0.29, 0.717) is 5.69 Å². The van der Waals surface area contributed by atoms with Crippen LogP contribution in [0.4, 0.5) is 29.1 Å². The van der Waals surface area contributed by atoms with E-state index in [1.54, 1.807) is 6.92 Å². The van der Waals surface area contributed by atoms with E-state index in [2.05, 4.69) is 43.9 Å². The van der Waals surface area contributed by atoms with Gasteiger partial charge in [0, 0.05) is 43.7 Å². The maximum atomic E-state index is 15.1. The summed E-state index contributed by atoms with van der Waals surface area (Å²) in [5.74, 6) is -3.44. The molecule has 0 bridgehead atoms. The number of thiazole rings is 1. The number of likely N-dealkylation sites (tertiary alicyclic amines) is 1. The fourth-order valence-corrected chi connectivity index (χ4v) is 5.66. The molecule has 1 aliphatic rings. The van der Waals surface area contributed by atoms with Gasteiger partial charge in [-0.25, -0.2) is 19.2 Å². The van der Waals surface area contributed by atoms with Gasteiger partial charge in [0.2, 0.25) is 5.03 Å². The van der Waals surface area contributed by atoms with Crippen molar-refractivity contribution in [3.05, 3.63) is 64.4 Å². The number of nitrogens with zero attached hydrogens (tertiary/aromatic N) is 4. The Morgan fingerprint density at radius 1 is 1.21 bits per heavy atom. The van der Waals surface area contributed by atoms with E-state index < -0.39 is 33.0 Å². The van der Waals surface area contributed by atoms with Gasteiger partial charge in [0.25, 0.3) is 10.0 Å². The highest BCUT2D eigenvalue weighted by molar-refractivity contribution is 7.92. The Morgan fingerprint density at radius 3 is 2.36 bits per heavy atom. The summed E-state index contributed by atoms with van der Waals surface area (Å²) in [7, 11) is -2.24. The number of nitrogens with one attached hydrogen (secondary N) is 1. The lowest BCUT2D eigenvalue weighted by Crippen LogP contribution is -2.43. The van der Waals surface area contributed by atoms with E-state index in [9.17, 15) is 21.6 Å². The topological polar surface area (TPSA) is 116 Å². The van der Waals surface area contributed by atoms with Crippen LogP contribution in [-0.4, -0.2) is 66.7 Å². The number of piperidine rings is 1. The molecule has 2 N–H and O–H groups in total. The highest BCUT2D eigenvalue weighted by Gasteiger charge is 2.38. The monoisotopic (exact) mass is 589 g/mol. The fourth-order valence-electron chi connectivity index (χ4n) is 4.04. The molecule has 2 aromatic heterocycles. The van der Waals surface area contributed by atoms with Crippen molar-refractivity contribution in [2.75, 3.05) is 29.8 Å². The molecule has 4 rings (SSSR count). The standard InChI is InChI=1S/C22H26FN5O2S2.C2HF3O2/c1-16-19(12-24-22(21(16)23)32(29,30)26-20-14-31-15-25-20)27(2)18-8-10-28(11-9-18)13-17-6-4-3-5-7-17;3-2(4,5)1(6)7/h3-7,12,14-15,18,26H,8-11,13H2,1-2H3;(H,6,7). The second-order valence-electron chi connectivity index (χ2n) is 8.77. The van der Waals surface area contributed by atoms with Crippen molar-refractivity contribution in [1.29, 1.82) is 0 Å². The molecule has 1 aromatic carbocycles. The van der Waals surface area contributed by atoms with Gasteiger partial charge in [-0.3, -0.25) is 9.62 Å². The number of hydrogen-bond donors (Lipinski definition) is 2. The number of carbonyl (C=O) groups is 1. The molecular weight excluding hydrogens is 562 g/mol. The van der Waals surface area contributed by atoms with Crippen LogP contribution < -0.4 is 9.62 Å². The molecule has 39 heavy (non-hydrogen) atoms. The number of aliphatic carboxylic acids is 1. The zero-order valence-corrected chi connectivity index (χ0v) is 22.7. The number of sulfonamides is 1. The summed E-state index contributed by atoms with van der Waals surface area (Å²) < 4.78 is 74.2. The molecule has 0 aliphatic carbocycles. The highest BCUT2D eigenvalue weighted by Crippen LogP contribution is 2.29. The molecule has 0 atom stereocenters. The number of benzene rings is 1. The molecule has 0 radical (unpaired) electrons. The van der Waals surface area contributed by atoms with Gasteiger partial charge in [0.05, 0.1) is 17.4 Å². The number of rotatable bonds is 7. The van der Waals surface area contributed by atoms with Crippen LogP contribution in [0.3, 0.4) is 0 Å². The van der Waals surface area contributed by atoms with Crippen molar-refractivity contribution in [3.63, 3.8) is 0 Å². The summed E-state index contributed by atoms with van der Waals surface area (Å²) in [5, 5.41) is 8.05. The van der Waals surface area contributed by atoms with E-state index >= 15 is 4.39 Å². The predicted octanol–water partition coefficient (Wildman–Crippen LogP) is 4.52. The first-order valence-electron chi connectivity index (χ1n) is 11.6. The van der Waals surface area contributed by atoms with Crippen LogP contribution in [0.15, 0.2) is 52.4 Å². The largest absolute Gasteiger partial charge is 0.490 e. The van der Waals surface area contributed by atoms with Crippen LogP contribution in [-0.2, 0) is 21.4 Å². The van der Waals surface area contributed by atoms with Gasteiger partial charge in [0.1, 0.15) is 0 Å². The molecule has 1 aliphatic heterocycles. The Balaban J connectivity index is 0.000000532. The predicted molar refractivity (Wildman–Crippen MR) is 139 cm³/mol. The molecule has 0 saturated carbocycles. The molecule has 3 heterocycles. The van der Waals surface area contributed by atoms with E-state index in [0.717, 1.165) is 32.5 Å². The third-order valence-electron chi connectivity index (χ3n) is 6.11. The third-order valence-corrected chi connectivity index (χ3v) is 7.97. The van der Waals surface area contributed by atoms with E-state index in [1.165, 1.54) is 34.0 Å². The summed E-state index contributed by atoms with van der Waals surface area (Å²) in [4.78, 5) is 21.2. The van der Waals surface area contributed by atoms with Crippen LogP contribution in [0.25, 0.3) is 0 Å². The normalized spacial score (nSPS) is 14.8. The van der Waals surface area contributed by atoms with Crippen molar-refractivity contribution in [2.24, 2.45) is 0 Å². The number of carboxylic acids is 1. The van der Waals surface area contributed by atoms with Gasteiger partial charge in [-0.05, 0) is 25.3 Å². The number of anilines is 2. The summed E-state index contributed by atoms with van der Waals surface area (Å²) in [6.45, 7) is 4.41. The zero-order chi connectivity index (χ0) is 28.8. The molecule has 1 saturated heterocycles. The van der Waals surface area contributed by atoms with Crippen LogP contribution in [0.2, 0.25) is 0 Å². The van der Waals surface area contributed by atoms with Gasteiger partial charge >= 0.3 is 12.1 Å². The minimum absolute atomic E-state index is 0.150. The highest BCUT2D eigenvalue weighted by atomic mass is 32.2. The Kier molecular flexibility index (Phi) is 9.85. The average molecular weight is 590 g/mol. The number of carboxylic acid groups (broad SMARTS) is 1. The first kappa shape index (κ1) is 30.2. The van der Waals surface area contributed by atoms with E-state index in [4.69, 9.17) is 9.90 Å². The Bertz CT molecular complexity index is 1350.